The molecule has 2 rings (SSSR count). The van der Waals surface area contributed by atoms with Crippen molar-refractivity contribution in [2.24, 2.45) is 0 Å². The second-order valence-corrected chi connectivity index (χ2v) is 5.21. The summed E-state index contributed by atoms with van der Waals surface area (Å²) in [6.07, 6.45) is 7.42. The third-order valence-corrected chi connectivity index (χ3v) is 3.41. The maximum atomic E-state index is 11.1. The molecule has 1 aliphatic rings. The van der Waals surface area contributed by atoms with Gasteiger partial charge in [0.2, 0.25) is 5.82 Å². The lowest BCUT2D eigenvalue weighted by molar-refractivity contribution is -0.392. The van der Waals surface area contributed by atoms with Gasteiger partial charge in [-0.15, -0.1) is 0 Å². The fourth-order valence-electron chi connectivity index (χ4n) is 2.35. The van der Waals surface area contributed by atoms with Crippen molar-refractivity contribution < 1.29 is 4.92 Å². The average molecular weight is 279 g/mol. The lowest BCUT2D eigenvalue weighted by Crippen LogP contribution is -2.24. The lowest BCUT2D eigenvalue weighted by Gasteiger charge is -2.13. The van der Waals surface area contributed by atoms with Crippen molar-refractivity contribution in [1.82, 2.24) is 19.4 Å². The first-order valence-corrected chi connectivity index (χ1v) is 6.85. The maximum Gasteiger partial charge on any atom is 0.343 e. The Morgan fingerprint density at radius 2 is 2.10 bits per heavy atom. The minimum absolute atomic E-state index is 0.0580. The van der Waals surface area contributed by atoms with Crippen molar-refractivity contribution in [2.45, 2.75) is 19.4 Å². The van der Waals surface area contributed by atoms with Crippen molar-refractivity contribution in [3.8, 4) is 0 Å². The molecule has 1 aliphatic heterocycles. The number of nitro groups is 1. The van der Waals surface area contributed by atoms with Crippen molar-refractivity contribution >= 4 is 11.9 Å². The molecular formula is C13H21N5O2. The van der Waals surface area contributed by atoms with Gasteiger partial charge in [-0.2, -0.15) is 0 Å². The highest BCUT2D eigenvalue weighted by molar-refractivity contribution is 5.43. The minimum atomic E-state index is -0.371. The first-order valence-electron chi connectivity index (χ1n) is 6.85. The summed E-state index contributed by atoms with van der Waals surface area (Å²) in [6.45, 7) is 3.61. The molecule has 1 aromatic heterocycles. The van der Waals surface area contributed by atoms with E-state index in [1.165, 1.54) is 19.0 Å². The Kier molecular flexibility index (Phi) is 4.73. The third-order valence-electron chi connectivity index (χ3n) is 3.41. The normalized spacial score (nSPS) is 16.1. The Hall–Kier alpha value is -1.89. The van der Waals surface area contributed by atoms with Gasteiger partial charge in [0, 0.05) is 32.9 Å². The number of likely N-dealkylation sites (tertiary alicyclic amines) is 1. The van der Waals surface area contributed by atoms with E-state index in [4.69, 9.17) is 0 Å². The molecule has 0 atom stereocenters. The van der Waals surface area contributed by atoms with Crippen LogP contribution in [0, 0.1) is 10.1 Å². The van der Waals surface area contributed by atoms with Crippen LogP contribution in [-0.4, -0.2) is 58.0 Å². The summed E-state index contributed by atoms with van der Waals surface area (Å²) in [5.41, 5.74) is 0. The Morgan fingerprint density at radius 1 is 1.40 bits per heavy atom. The van der Waals surface area contributed by atoms with Crippen LogP contribution in [0.2, 0.25) is 0 Å². The van der Waals surface area contributed by atoms with Crippen molar-refractivity contribution in [2.75, 3.05) is 33.7 Å². The van der Waals surface area contributed by atoms with Gasteiger partial charge in [0.15, 0.2) is 0 Å². The molecular weight excluding hydrogens is 258 g/mol. The predicted octanol–water partition coefficient (Wildman–Crippen LogP) is 1.42. The third kappa shape index (κ3) is 3.57. The molecule has 0 saturated carbocycles. The Labute approximate surface area is 118 Å². The number of rotatable bonds is 6. The van der Waals surface area contributed by atoms with Gasteiger partial charge in [-0.3, -0.25) is 4.90 Å². The summed E-state index contributed by atoms with van der Waals surface area (Å²) in [7, 11) is 3.81. The zero-order chi connectivity index (χ0) is 14.5. The average Bonchev–Trinajstić information content (AvgIpc) is 3.03. The molecule has 0 aliphatic carbocycles. The Balaban J connectivity index is 2.13. The number of imidazole rings is 1. The first kappa shape index (κ1) is 14.5. The number of hydrogen-bond acceptors (Lipinski definition) is 5. The number of hydrogen-bond donors (Lipinski definition) is 0. The van der Waals surface area contributed by atoms with Crippen LogP contribution >= 0.6 is 0 Å². The minimum Gasteiger partial charge on any atom is -0.383 e. The Morgan fingerprint density at radius 3 is 2.70 bits per heavy atom. The van der Waals surface area contributed by atoms with Crippen LogP contribution in [0.5, 0.6) is 0 Å². The molecule has 7 heteroatoms. The molecule has 20 heavy (non-hydrogen) atoms. The van der Waals surface area contributed by atoms with Crippen LogP contribution in [0.15, 0.2) is 12.4 Å². The second-order valence-electron chi connectivity index (χ2n) is 5.21. The van der Waals surface area contributed by atoms with E-state index in [0.717, 1.165) is 19.6 Å². The van der Waals surface area contributed by atoms with Gasteiger partial charge in [0.25, 0.3) is 0 Å². The van der Waals surface area contributed by atoms with E-state index >= 15 is 0 Å². The molecule has 1 saturated heterocycles. The molecule has 0 unspecified atom stereocenters. The van der Waals surface area contributed by atoms with Crippen molar-refractivity contribution in [3.05, 3.63) is 28.3 Å². The van der Waals surface area contributed by atoms with Gasteiger partial charge < -0.3 is 15.0 Å². The van der Waals surface area contributed by atoms with Gasteiger partial charge in [-0.1, -0.05) is 0 Å². The summed E-state index contributed by atoms with van der Waals surface area (Å²) in [6, 6.07) is 0. The maximum absolute atomic E-state index is 11.1. The smallest absolute Gasteiger partial charge is 0.343 e. The lowest BCUT2D eigenvalue weighted by atomic mass is 10.4. The first-order chi connectivity index (χ1) is 9.58. The van der Waals surface area contributed by atoms with Gasteiger partial charge in [-0.25, -0.2) is 9.55 Å². The Bertz CT molecular complexity index is 489. The number of aromatic nitrogens is 2. The van der Waals surface area contributed by atoms with Crippen LogP contribution in [-0.2, 0) is 6.54 Å². The van der Waals surface area contributed by atoms with E-state index in [1.54, 1.807) is 10.6 Å². The molecule has 2 heterocycles. The van der Waals surface area contributed by atoms with Crippen molar-refractivity contribution in [1.29, 1.82) is 0 Å². The molecule has 7 nitrogen and oxygen atoms in total. The summed E-state index contributed by atoms with van der Waals surface area (Å²) >= 11 is 0. The summed E-state index contributed by atoms with van der Waals surface area (Å²) in [5, 5.41) is 11.1. The molecule has 0 spiro atoms. The van der Waals surface area contributed by atoms with Gasteiger partial charge in [0.05, 0.1) is 0 Å². The van der Waals surface area contributed by atoms with Crippen LogP contribution < -0.4 is 0 Å². The zero-order valence-corrected chi connectivity index (χ0v) is 12.0. The van der Waals surface area contributed by atoms with Crippen LogP contribution in [0.25, 0.3) is 6.08 Å². The second kappa shape index (κ2) is 6.51. The van der Waals surface area contributed by atoms with E-state index in [1.807, 2.05) is 25.2 Å². The van der Waals surface area contributed by atoms with E-state index in [0.29, 0.717) is 12.4 Å². The molecule has 0 aromatic carbocycles. The summed E-state index contributed by atoms with van der Waals surface area (Å²) < 4.78 is 1.68. The zero-order valence-electron chi connectivity index (χ0n) is 12.0. The monoisotopic (exact) mass is 279 g/mol. The van der Waals surface area contributed by atoms with E-state index in [9.17, 15) is 10.1 Å². The summed E-state index contributed by atoms with van der Waals surface area (Å²) in [5.74, 6) is 0.687. The molecule has 1 fully saturated rings. The van der Waals surface area contributed by atoms with Gasteiger partial charge >= 0.3 is 5.82 Å². The fourth-order valence-corrected chi connectivity index (χ4v) is 2.35. The quantitative estimate of drug-likeness (QED) is 0.582. The largest absolute Gasteiger partial charge is 0.383 e. The standard InChI is InChI=1S/C13H21N5O2/c1-15(2)8-5-12-14-11-13(18(19)20)17(12)10-9-16-6-3-4-7-16/h5,8,11H,3-4,6-7,9-10H2,1-2H3. The highest BCUT2D eigenvalue weighted by Gasteiger charge is 2.20. The predicted molar refractivity (Wildman–Crippen MR) is 77.3 cm³/mol. The van der Waals surface area contributed by atoms with E-state index < -0.39 is 0 Å². The van der Waals surface area contributed by atoms with Gasteiger partial charge in [0.1, 0.15) is 12.7 Å². The molecule has 0 N–H and O–H groups in total. The van der Waals surface area contributed by atoms with Gasteiger partial charge in [-0.05, 0) is 30.9 Å². The molecule has 0 bridgehead atoms. The van der Waals surface area contributed by atoms with Crippen LogP contribution in [0.3, 0.4) is 0 Å². The number of nitrogens with zero attached hydrogens (tertiary/aromatic N) is 5. The topological polar surface area (TPSA) is 67.4 Å². The van der Waals surface area contributed by atoms with E-state index in [2.05, 4.69) is 9.88 Å². The van der Waals surface area contributed by atoms with Crippen molar-refractivity contribution in [3.63, 3.8) is 0 Å². The SMILES string of the molecule is CN(C)C=Cc1ncc([N+](=O)[O-])n1CCN1CCCC1. The molecule has 0 amide bonds. The highest BCUT2D eigenvalue weighted by atomic mass is 16.6. The summed E-state index contributed by atoms with van der Waals surface area (Å²) in [4.78, 5) is 19.1. The molecule has 0 radical (unpaired) electrons. The highest BCUT2D eigenvalue weighted by Crippen LogP contribution is 2.16. The van der Waals surface area contributed by atoms with E-state index in [-0.39, 0.29) is 10.7 Å². The van der Waals surface area contributed by atoms with Crippen LogP contribution in [0.1, 0.15) is 18.7 Å². The fraction of sp³-hybridized carbons (Fsp3) is 0.615. The molecule has 110 valence electrons. The molecule has 1 aromatic rings. The van der Waals surface area contributed by atoms with Crippen LogP contribution in [0.4, 0.5) is 5.82 Å².